The zero-order valence-corrected chi connectivity index (χ0v) is 13.0. The van der Waals surface area contributed by atoms with E-state index in [1.54, 1.807) is 20.3 Å². The van der Waals surface area contributed by atoms with Crippen molar-refractivity contribution in [2.75, 3.05) is 24.9 Å². The van der Waals surface area contributed by atoms with Crippen LogP contribution in [0.2, 0.25) is 0 Å². The summed E-state index contributed by atoms with van der Waals surface area (Å²) in [4.78, 5) is 0. The number of anilines is 2. The molecule has 0 atom stereocenters. The average molecular weight is 306 g/mol. The molecule has 0 saturated heterocycles. The van der Waals surface area contributed by atoms with E-state index in [4.69, 9.17) is 21.7 Å². The molecule has 1 aromatic carbocycles. The Morgan fingerprint density at radius 2 is 1.86 bits per heavy atom. The van der Waals surface area contributed by atoms with Gasteiger partial charge in [0.05, 0.1) is 14.2 Å². The molecule has 112 valence electrons. The van der Waals surface area contributed by atoms with E-state index in [9.17, 15) is 0 Å². The molecular weight excluding hydrogens is 288 g/mol. The van der Waals surface area contributed by atoms with Gasteiger partial charge in [-0.1, -0.05) is 0 Å². The number of benzene rings is 1. The molecule has 0 radical (unpaired) electrons. The highest BCUT2D eigenvalue weighted by Gasteiger charge is 2.05. The van der Waals surface area contributed by atoms with Crippen molar-refractivity contribution in [3.63, 3.8) is 0 Å². The lowest BCUT2D eigenvalue weighted by Gasteiger charge is -2.11. The van der Waals surface area contributed by atoms with E-state index in [1.807, 2.05) is 36.0 Å². The summed E-state index contributed by atoms with van der Waals surface area (Å²) in [6, 6.07) is 7.33. The van der Waals surface area contributed by atoms with E-state index in [0.717, 1.165) is 12.2 Å². The summed E-state index contributed by atoms with van der Waals surface area (Å²) in [7, 11) is 3.21. The zero-order valence-electron chi connectivity index (χ0n) is 12.2. The predicted octanol–water partition coefficient (Wildman–Crippen LogP) is 2.73. The molecule has 2 aromatic rings. The molecule has 6 nitrogen and oxygen atoms in total. The third-order valence-electron chi connectivity index (χ3n) is 2.82. The van der Waals surface area contributed by atoms with Crippen LogP contribution in [0, 0.1) is 0 Å². The summed E-state index contributed by atoms with van der Waals surface area (Å²) in [5.41, 5.74) is 0.777. The summed E-state index contributed by atoms with van der Waals surface area (Å²) in [5, 5.41) is 10.9. The second-order valence-electron chi connectivity index (χ2n) is 4.24. The smallest absolute Gasteiger partial charge is 0.176 e. The Balaban J connectivity index is 2.04. The van der Waals surface area contributed by atoms with Gasteiger partial charge in [-0.05, 0) is 19.1 Å². The van der Waals surface area contributed by atoms with Crippen molar-refractivity contribution in [3.8, 4) is 11.5 Å². The maximum Gasteiger partial charge on any atom is 0.176 e. The molecule has 2 rings (SSSR count). The molecule has 7 heteroatoms. The van der Waals surface area contributed by atoms with Gasteiger partial charge >= 0.3 is 0 Å². The van der Waals surface area contributed by atoms with Gasteiger partial charge < -0.3 is 20.1 Å². The van der Waals surface area contributed by atoms with E-state index in [-0.39, 0.29) is 0 Å². The van der Waals surface area contributed by atoms with Crippen molar-refractivity contribution >= 4 is 28.8 Å². The van der Waals surface area contributed by atoms with Crippen LogP contribution in [0.3, 0.4) is 0 Å². The van der Waals surface area contributed by atoms with Crippen LogP contribution in [0.5, 0.6) is 11.5 Å². The number of rotatable bonds is 5. The molecule has 0 unspecified atom stereocenters. The highest BCUT2D eigenvalue weighted by Crippen LogP contribution is 2.25. The minimum Gasteiger partial charge on any atom is -0.497 e. The molecule has 1 aromatic heterocycles. The quantitative estimate of drug-likeness (QED) is 0.828. The van der Waals surface area contributed by atoms with Crippen LogP contribution < -0.4 is 20.1 Å². The standard InChI is InChI=1S/C14H18N4O2S/c1-4-18-6-5-13(17-18)16-14(21)15-10-7-11(19-2)9-12(8-10)20-3/h5-9H,4H2,1-3H3,(H2,15,16,17,21). The van der Waals surface area contributed by atoms with Gasteiger partial charge in [0.1, 0.15) is 11.5 Å². The van der Waals surface area contributed by atoms with Gasteiger partial charge in [-0.2, -0.15) is 5.10 Å². The van der Waals surface area contributed by atoms with E-state index in [0.29, 0.717) is 22.4 Å². The Hall–Kier alpha value is -2.28. The molecule has 0 spiro atoms. The minimum atomic E-state index is 0.451. The maximum absolute atomic E-state index is 5.27. The Morgan fingerprint density at radius 3 is 2.38 bits per heavy atom. The predicted molar refractivity (Wildman–Crippen MR) is 87.3 cm³/mol. The lowest BCUT2D eigenvalue weighted by molar-refractivity contribution is 0.395. The lowest BCUT2D eigenvalue weighted by atomic mass is 10.3. The number of thiocarbonyl (C=S) groups is 1. The highest BCUT2D eigenvalue weighted by atomic mass is 32.1. The number of aryl methyl sites for hydroxylation is 1. The summed E-state index contributed by atoms with van der Waals surface area (Å²) in [6.07, 6.45) is 1.89. The maximum atomic E-state index is 5.27. The fourth-order valence-corrected chi connectivity index (χ4v) is 1.99. The average Bonchev–Trinajstić information content (AvgIpc) is 2.94. The molecule has 0 fully saturated rings. The van der Waals surface area contributed by atoms with Gasteiger partial charge in [0.15, 0.2) is 10.9 Å². The SMILES string of the molecule is CCn1ccc(NC(=S)Nc2cc(OC)cc(OC)c2)n1. The first-order chi connectivity index (χ1) is 10.1. The van der Waals surface area contributed by atoms with Crippen molar-refractivity contribution in [3.05, 3.63) is 30.5 Å². The van der Waals surface area contributed by atoms with Gasteiger partial charge in [0, 0.05) is 42.7 Å². The van der Waals surface area contributed by atoms with Gasteiger partial charge in [-0.3, -0.25) is 4.68 Å². The van der Waals surface area contributed by atoms with Crippen LogP contribution in [0.4, 0.5) is 11.5 Å². The number of ether oxygens (including phenoxy) is 2. The van der Waals surface area contributed by atoms with E-state index in [1.165, 1.54) is 0 Å². The molecule has 0 aliphatic heterocycles. The monoisotopic (exact) mass is 306 g/mol. The van der Waals surface area contributed by atoms with Crippen LogP contribution in [0.25, 0.3) is 0 Å². The van der Waals surface area contributed by atoms with Crippen LogP contribution in [0.1, 0.15) is 6.92 Å². The summed E-state index contributed by atoms with van der Waals surface area (Å²) in [6.45, 7) is 2.84. The number of hydrogen-bond donors (Lipinski definition) is 2. The van der Waals surface area contributed by atoms with E-state index >= 15 is 0 Å². The normalized spacial score (nSPS) is 10.0. The topological polar surface area (TPSA) is 60.3 Å². The van der Waals surface area contributed by atoms with Gasteiger partial charge in [-0.15, -0.1) is 0 Å². The first-order valence-electron chi connectivity index (χ1n) is 6.49. The third-order valence-corrected chi connectivity index (χ3v) is 3.02. The molecule has 0 amide bonds. The first-order valence-corrected chi connectivity index (χ1v) is 6.90. The second-order valence-corrected chi connectivity index (χ2v) is 4.65. The number of hydrogen-bond acceptors (Lipinski definition) is 4. The Kier molecular flexibility index (Phi) is 4.99. The van der Waals surface area contributed by atoms with Gasteiger partial charge in [-0.25, -0.2) is 0 Å². The number of nitrogens with one attached hydrogen (secondary N) is 2. The molecule has 1 heterocycles. The molecule has 0 aliphatic rings. The van der Waals surface area contributed by atoms with Gasteiger partial charge in [0.25, 0.3) is 0 Å². The Morgan fingerprint density at radius 1 is 1.19 bits per heavy atom. The summed E-state index contributed by atoms with van der Waals surface area (Å²) >= 11 is 5.27. The molecule has 0 bridgehead atoms. The minimum absolute atomic E-state index is 0.451. The fraction of sp³-hybridized carbons (Fsp3) is 0.286. The molecule has 2 N–H and O–H groups in total. The third kappa shape index (κ3) is 4.09. The van der Waals surface area contributed by atoms with Crippen molar-refractivity contribution in [2.45, 2.75) is 13.5 Å². The van der Waals surface area contributed by atoms with E-state index in [2.05, 4.69) is 15.7 Å². The van der Waals surface area contributed by atoms with E-state index < -0.39 is 0 Å². The van der Waals surface area contributed by atoms with Crippen LogP contribution in [-0.2, 0) is 6.54 Å². The number of aromatic nitrogens is 2. The highest BCUT2D eigenvalue weighted by molar-refractivity contribution is 7.80. The van der Waals surface area contributed by atoms with Crippen molar-refractivity contribution < 1.29 is 9.47 Å². The Labute approximate surface area is 129 Å². The van der Waals surface area contributed by atoms with Gasteiger partial charge in [0.2, 0.25) is 0 Å². The molecule has 21 heavy (non-hydrogen) atoms. The Bertz CT molecular complexity index is 605. The van der Waals surface area contributed by atoms with Crippen molar-refractivity contribution in [1.82, 2.24) is 9.78 Å². The van der Waals surface area contributed by atoms with Crippen LogP contribution >= 0.6 is 12.2 Å². The number of methoxy groups -OCH3 is 2. The second kappa shape index (κ2) is 6.94. The van der Waals surface area contributed by atoms with Crippen molar-refractivity contribution in [2.24, 2.45) is 0 Å². The summed E-state index contributed by atoms with van der Waals surface area (Å²) < 4.78 is 12.3. The zero-order chi connectivity index (χ0) is 15.2. The fourth-order valence-electron chi connectivity index (χ4n) is 1.76. The van der Waals surface area contributed by atoms with Crippen LogP contribution in [0.15, 0.2) is 30.5 Å². The van der Waals surface area contributed by atoms with Crippen molar-refractivity contribution in [1.29, 1.82) is 0 Å². The van der Waals surface area contributed by atoms with Crippen LogP contribution in [-0.4, -0.2) is 29.1 Å². The molecular formula is C14H18N4O2S. The first kappa shape index (κ1) is 15.1. The summed E-state index contributed by atoms with van der Waals surface area (Å²) in [5.74, 6) is 2.08. The molecule has 0 aliphatic carbocycles. The molecule has 0 saturated carbocycles. The number of nitrogens with zero attached hydrogens (tertiary/aromatic N) is 2. The largest absolute Gasteiger partial charge is 0.497 e. The lowest BCUT2D eigenvalue weighted by Crippen LogP contribution is -2.19.